The SMILES string of the molecule is C[C@@H]1CCCC[C@@H]1NC(=O)Cn1cc([N+](=O)[O-])cc(C#N)c1=O. The molecular weight excluding hydrogens is 300 g/mol. The van der Waals surface area contributed by atoms with Crippen molar-refractivity contribution in [1.29, 1.82) is 5.26 Å². The van der Waals surface area contributed by atoms with E-state index < -0.39 is 10.5 Å². The van der Waals surface area contributed by atoms with Crippen LogP contribution in [0.25, 0.3) is 0 Å². The second-order valence-corrected chi connectivity index (χ2v) is 5.85. The van der Waals surface area contributed by atoms with Gasteiger partial charge in [0, 0.05) is 12.1 Å². The smallest absolute Gasteiger partial charge is 0.287 e. The Hall–Kier alpha value is -2.69. The van der Waals surface area contributed by atoms with E-state index >= 15 is 0 Å². The predicted molar refractivity (Wildman–Crippen MR) is 81.6 cm³/mol. The lowest BCUT2D eigenvalue weighted by molar-refractivity contribution is -0.385. The van der Waals surface area contributed by atoms with Crippen molar-refractivity contribution in [2.24, 2.45) is 5.92 Å². The summed E-state index contributed by atoms with van der Waals surface area (Å²) in [6, 6.07) is 2.60. The molecule has 2 atom stereocenters. The summed E-state index contributed by atoms with van der Waals surface area (Å²) in [7, 11) is 0. The second-order valence-electron chi connectivity index (χ2n) is 5.85. The van der Waals surface area contributed by atoms with Crippen molar-refractivity contribution in [2.75, 3.05) is 0 Å². The molecule has 8 heteroatoms. The van der Waals surface area contributed by atoms with E-state index in [1.165, 1.54) is 0 Å². The summed E-state index contributed by atoms with van der Waals surface area (Å²) in [4.78, 5) is 34.3. The Balaban J connectivity index is 2.17. The van der Waals surface area contributed by atoms with Crippen LogP contribution >= 0.6 is 0 Å². The first-order valence-electron chi connectivity index (χ1n) is 7.50. The van der Waals surface area contributed by atoms with Gasteiger partial charge < -0.3 is 5.32 Å². The lowest BCUT2D eigenvalue weighted by Gasteiger charge is -2.29. The molecule has 1 aromatic heterocycles. The maximum absolute atomic E-state index is 12.1. The van der Waals surface area contributed by atoms with Gasteiger partial charge in [-0.05, 0) is 18.8 Å². The van der Waals surface area contributed by atoms with Gasteiger partial charge >= 0.3 is 0 Å². The zero-order valence-electron chi connectivity index (χ0n) is 12.8. The number of aromatic nitrogens is 1. The molecule has 0 spiro atoms. The normalized spacial score (nSPS) is 20.5. The highest BCUT2D eigenvalue weighted by atomic mass is 16.6. The number of carbonyl (C=O) groups is 1. The van der Waals surface area contributed by atoms with E-state index in [9.17, 15) is 19.7 Å². The van der Waals surface area contributed by atoms with Crippen LogP contribution in [0.1, 0.15) is 38.2 Å². The molecule has 1 amide bonds. The Kier molecular flexibility index (Phi) is 5.11. The van der Waals surface area contributed by atoms with Gasteiger partial charge in [-0.2, -0.15) is 5.26 Å². The highest BCUT2D eigenvalue weighted by Gasteiger charge is 2.23. The summed E-state index contributed by atoms with van der Waals surface area (Å²) >= 11 is 0. The zero-order valence-corrected chi connectivity index (χ0v) is 12.8. The molecule has 1 saturated carbocycles. The minimum Gasteiger partial charge on any atom is -0.352 e. The molecule has 1 aliphatic carbocycles. The molecular formula is C15H18N4O4. The fraction of sp³-hybridized carbons (Fsp3) is 0.533. The first-order valence-corrected chi connectivity index (χ1v) is 7.50. The van der Waals surface area contributed by atoms with Gasteiger partial charge in [0.2, 0.25) is 5.91 Å². The van der Waals surface area contributed by atoms with E-state index in [-0.39, 0.29) is 29.7 Å². The van der Waals surface area contributed by atoms with Crippen LogP contribution in [0.4, 0.5) is 5.69 Å². The van der Waals surface area contributed by atoms with Gasteiger partial charge in [-0.3, -0.25) is 24.3 Å². The van der Waals surface area contributed by atoms with E-state index in [0.29, 0.717) is 5.92 Å². The van der Waals surface area contributed by atoms with E-state index in [1.807, 2.05) is 0 Å². The summed E-state index contributed by atoms with van der Waals surface area (Å²) in [5, 5.41) is 22.6. The Morgan fingerprint density at radius 2 is 2.22 bits per heavy atom. The quantitative estimate of drug-likeness (QED) is 0.663. The van der Waals surface area contributed by atoms with Crippen LogP contribution in [0.15, 0.2) is 17.1 Å². The third-order valence-corrected chi connectivity index (χ3v) is 4.17. The lowest BCUT2D eigenvalue weighted by atomic mass is 9.86. The maximum Gasteiger partial charge on any atom is 0.287 e. The van der Waals surface area contributed by atoms with Gasteiger partial charge in [-0.25, -0.2) is 0 Å². The van der Waals surface area contributed by atoms with Crippen LogP contribution in [-0.2, 0) is 11.3 Å². The fourth-order valence-corrected chi connectivity index (χ4v) is 2.86. The summed E-state index contributed by atoms with van der Waals surface area (Å²) in [5.41, 5.74) is -1.44. The van der Waals surface area contributed by atoms with Crippen LogP contribution in [0.3, 0.4) is 0 Å². The molecule has 0 bridgehead atoms. The molecule has 0 aromatic carbocycles. The van der Waals surface area contributed by atoms with Crippen LogP contribution < -0.4 is 10.9 Å². The molecule has 8 nitrogen and oxygen atoms in total. The third kappa shape index (κ3) is 3.94. The Morgan fingerprint density at radius 3 is 2.83 bits per heavy atom. The molecule has 0 radical (unpaired) electrons. The van der Waals surface area contributed by atoms with Gasteiger partial charge in [-0.1, -0.05) is 19.8 Å². The highest BCUT2D eigenvalue weighted by Crippen LogP contribution is 2.23. The second kappa shape index (κ2) is 7.05. The summed E-state index contributed by atoms with van der Waals surface area (Å²) in [6.45, 7) is 1.73. The van der Waals surface area contributed by atoms with Gasteiger partial charge in [0.25, 0.3) is 11.2 Å². The fourth-order valence-electron chi connectivity index (χ4n) is 2.86. The van der Waals surface area contributed by atoms with Gasteiger partial charge in [0.05, 0.1) is 11.1 Å². The standard InChI is InChI=1S/C15H18N4O4/c1-10-4-2-3-5-13(10)17-14(20)9-18-8-12(19(22)23)6-11(7-16)15(18)21/h6,8,10,13H,2-5,9H2,1H3,(H,17,20)/t10-,13+/m1/s1. The average molecular weight is 318 g/mol. The number of hydrogen-bond acceptors (Lipinski definition) is 5. The van der Waals surface area contributed by atoms with Crippen molar-refractivity contribution in [3.8, 4) is 6.07 Å². The number of rotatable bonds is 4. The number of amides is 1. The molecule has 1 heterocycles. The average Bonchev–Trinajstić information content (AvgIpc) is 2.51. The molecule has 1 fully saturated rings. The Labute approximate surface area is 132 Å². The molecule has 122 valence electrons. The molecule has 23 heavy (non-hydrogen) atoms. The Morgan fingerprint density at radius 1 is 1.52 bits per heavy atom. The van der Waals surface area contributed by atoms with Crippen molar-refractivity contribution in [3.63, 3.8) is 0 Å². The summed E-state index contributed by atoms with van der Waals surface area (Å²) in [6.07, 6.45) is 5.11. The van der Waals surface area contributed by atoms with Crippen molar-refractivity contribution >= 4 is 11.6 Å². The first kappa shape index (κ1) is 16.7. The van der Waals surface area contributed by atoms with Gasteiger partial charge in [0.15, 0.2) is 0 Å². The van der Waals surface area contributed by atoms with Crippen molar-refractivity contribution in [3.05, 3.63) is 38.3 Å². The first-order chi connectivity index (χ1) is 10.9. The van der Waals surface area contributed by atoms with E-state index in [0.717, 1.165) is 42.5 Å². The molecule has 2 rings (SSSR count). The monoisotopic (exact) mass is 318 g/mol. The molecule has 0 saturated heterocycles. The highest BCUT2D eigenvalue weighted by molar-refractivity contribution is 5.76. The van der Waals surface area contributed by atoms with E-state index in [4.69, 9.17) is 5.26 Å². The van der Waals surface area contributed by atoms with Crippen LogP contribution in [0.5, 0.6) is 0 Å². The molecule has 0 unspecified atom stereocenters. The van der Waals surface area contributed by atoms with Crippen molar-refractivity contribution in [1.82, 2.24) is 9.88 Å². The summed E-state index contributed by atoms with van der Waals surface area (Å²) < 4.78 is 0.916. The topological polar surface area (TPSA) is 118 Å². The van der Waals surface area contributed by atoms with Crippen LogP contribution in [0.2, 0.25) is 0 Å². The van der Waals surface area contributed by atoms with Crippen LogP contribution in [0, 0.1) is 27.4 Å². The number of carbonyl (C=O) groups excluding carboxylic acids is 1. The molecule has 1 N–H and O–H groups in total. The molecule has 1 aliphatic rings. The van der Waals surface area contributed by atoms with Crippen molar-refractivity contribution in [2.45, 2.75) is 45.2 Å². The predicted octanol–water partition coefficient (Wildman–Crippen LogP) is 1.32. The molecule has 0 aliphatic heterocycles. The number of hydrogen-bond donors (Lipinski definition) is 1. The van der Waals surface area contributed by atoms with Crippen LogP contribution in [-0.4, -0.2) is 21.4 Å². The van der Waals surface area contributed by atoms with Gasteiger partial charge in [0.1, 0.15) is 18.2 Å². The van der Waals surface area contributed by atoms with Crippen molar-refractivity contribution < 1.29 is 9.72 Å². The number of nitrogens with one attached hydrogen (secondary N) is 1. The maximum atomic E-state index is 12.1. The number of pyridine rings is 1. The minimum absolute atomic E-state index is 0.0566. The third-order valence-electron chi connectivity index (χ3n) is 4.17. The lowest BCUT2D eigenvalue weighted by Crippen LogP contribution is -2.43. The van der Waals surface area contributed by atoms with E-state index in [2.05, 4.69) is 12.2 Å². The zero-order chi connectivity index (χ0) is 17.0. The van der Waals surface area contributed by atoms with E-state index in [1.54, 1.807) is 6.07 Å². The molecule has 1 aromatic rings. The number of nitrogens with zero attached hydrogens (tertiary/aromatic N) is 3. The summed E-state index contributed by atoms with van der Waals surface area (Å²) in [5.74, 6) is -0.0144. The number of nitriles is 1. The largest absolute Gasteiger partial charge is 0.352 e. The Bertz CT molecular complexity index is 719. The minimum atomic E-state index is -0.704. The van der Waals surface area contributed by atoms with Gasteiger partial charge in [-0.15, -0.1) is 0 Å². The number of nitro groups is 1.